The van der Waals surface area contributed by atoms with Gasteiger partial charge in [0.15, 0.2) is 17.6 Å². The fourth-order valence-electron chi connectivity index (χ4n) is 1.98. The molecule has 0 fully saturated rings. The van der Waals surface area contributed by atoms with Crippen molar-refractivity contribution in [3.8, 4) is 11.5 Å². The van der Waals surface area contributed by atoms with E-state index in [1.807, 2.05) is 0 Å². The Morgan fingerprint density at radius 3 is 2.58 bits per heavy atom. The van der Waals surface area contributed by atoms with Gasteiger partial charge in [-0.3, -0.25) is 15.5 Å². The zero-order valence-corrected chi connectivity index (χ0v) is 14.1. The molecule has 9 heteroatoms. The van der Waals surface area contributed by atoms with E-state index in [-0.39, 0.29) is 11.4 Å². The lowest BCUT2D eigenvalue weighted by molar-refractivity contribution is -0.384. The van der Waals surface area contributed by atoms with Crippen LogP contribution in [0.15, 0.2) is 47.6 Å². The van der Waals surface area contributed by atoms with Gasteiger partial charge in [0, 0.05) is 17.7 Å². The summed E-state index contributed by atoms with van der Waals surface area (Å²) in [5.41, 5.74) is 3.77. The molecule has 0 spiro atoms. The SMILES string of the molecule is COc1cccc(/C=N\Nc2ccc([N+](=O)[O-])cc2)c1O[C@@H](C)C(=O)O. The Morgan fingerprint density at radius 2 is 2.00 bits per heavy atom. The van der Waals surface area contributed by atoms with Crippen LogP contribution in [-0.2, 0) is 4.79 Å². The molecule has 2 N–H and O–H groups in total. The average molecular weight is 359 g/mol. The molecule has 26 heavy (non-hydrogen) atoms. The molecule has 2 aromatic rings. The van der Waals surface area contributed by atoms with Gasteiger partial charge in [0.2, 0.25) is 0 Å². The first kappa shape index (κ1) is 18.7. The molecular formula is C17H17N3O6. The van der Waals surface area contributed by atoms with E-state index in [0.29, 0.717) is 17.0 Å². The number of non-ortho nitro benzene ring substituents is 1. The molecule has 0 radical (unpaired) electrons. The average Bonchev–Trinajstić information content (AvgIpc) is 2.63. The Kier molecular flexibility index (Phi) is 6.10. The Balaban J connectivity index is 2.18. The van der Waals surface area contributed by atoms with Crippen LogP contribution < -0.4 is 14.9 Å². The Hall–Kier alpha value is -3.62. The molecular weight excluding hydrogens is 342 g/mol. The van der Waals surface area contributed by atoms with Gasteiger partial charge in [-0.1, -0.05) is 6.07 Å². The smallest absolute Gasteiger partial charge is 0.344 e. The summed E-state index contributed by atoms with van der Waals surface area (Å²) < 4.78 is 10.7. The van der Waals surface area contributed by atoms with Crippen LogP contribution in [0.1, 0.15) is 12.5 Å². The number of nitro groups is 1. The summed E-state index contributed by atoms with van der Waals surface area (Å²) in [5.74, 6) is -0.487. The molecule has 9 nitrogen and oxygen atoms in total. The van der Waals surface area contributed by atoms with Crippen molar-refractivity contribution in [3.05, 3.63) is 58.1 Å². The molecule has 0 amide bonds. The van der Waals surface area contributed by atoms with Crippen LogP contribution >= 0.6 is 0 Å². The standard InChI is InChI=1S/C17H17N3O6/c1-11(17(21)22)26-16-12(4-3-5-15(16)25-2)10-18-19-13-6-8-14(9-7-13)20(23)24/h3-11,19H,1-2H3,(H,21,22)/b18-10-/t11-/m0/s1. The van der Waals surface area contributed by atoms with Crippen molar-refractivity contribution < 1.29 is 24.3 Å². The van der Waals surface area contributed by atoms with E-state index in [0.717, 1.165) is 0 Å². The number of hydrogen-bond donors (Lipinski definition) is 2. The molecule has 0 aliphatic carbocycles. The molecule has 2 aromatic carbocycles. The molecule has 0 aliphatic rings. The van der Waals surface area contributed by atoms with Gasteiger partial charge in [0.05, 0.1) is 23.9 Å². The molecule has 0 heterocycles. The van der Waals surface area contributed by atoms with Gasteiger partial charge in [0.25, 0.3) is 5.69 Å². The third-order valence-electron chi connectivity index (χ3n) is 3.35. The van der Waals surface area contributed by atoms with Gasteiger partial charge >= 0.3 is 5.97 Å². The van der Waals surface area contributed by atoms with Gasteiger partial charge in [-0.25, -0.2) is 4.79 Å². The van der Waals surface area contributed by atoms with Gasteiger partial charge in [0.1, 0.15) is 0 Å². The predicted molar refractivity (Wildman–Crippen MR) is 95.0 cm³/mol. The zero-order chi connectivity index (χ0) is 19.1. The third kappa shape index (κ3) is 4.69. The largest absolute Gasteiger partial charge is 0.493 e. The van der Waals surface area contributed by atoms with Gasteiger partial charge in [-0.05, 0) is 31.2 Å². The van der Waals surface area contributed by atoms with Crippen molar-refractivity contribution in [1.29, 1.82) is 0 Å². The van der Waals surface area contributed by atoms with E-state index in [2.05, 4.69) is 10.5 Å². The van der Waals surface area contributed by atoms with Gasteiger partial charge in [-0.15, -0.1) is 0 Å². The van der Waals surface area contributed by atoms with E-state index in [1.54, 1.807) is 18.2 Å². The maximum atomic E-state index is 11.0. The second-order valence-corrected chi connectivity index (χ2v) is 5.15. The minimum atomic E-state index is -1.11. The van der Waals surface area contributed by atoms with Crippen molar-refractivity contribution in [2.45, 2.75) is 13.0 Å². The van der Waals surface area contributed by atoms with E-state index >= 15 is 0 Å². The van der Waals surface area contributed by atoms with Crippen LogP contribution in [0.2, 0.25) is 0 Å². The molecule has 0 bridgehead atoms. The summed E-state index contributed by atoms with van der Waals surface area (Å²) in [7, 11) is 1.45. The number of rotatable bonds is 8. The number of methoxy groups -OCH3 is 1. The number of aliphatic carboxylic acids is 1. The van der Waals surface area contributed by atoms with Gasteiger partial charge in [-0.2, -0.15) is 5.10 Å². The minimum absolute atomic E-state index is 0.0225. The van der Waals surface area contributed by atoms with Crippen molar-refractivity contribution in [2.75, 3.05) is 12.5 Å². The Labute approximate surface area is 149 Å². The highest BCUT2D eigenvalue weighted by atomic mass is 16.6. The molecule has 1 atom stereocenters. The molecule has 0 saturated heterocycles. The van der Waals surface area contributed by atoms with Crippen LogP contribution in [0.3, 0.4) is 0 Å². The number of anilines is 1. The summed E-state index contributed by atoms with van der Waals surface area (Å²) in [4.78, 5) is 21.2. The molecule has 136 valence electrons. The van der Waals surface area contributed by atoms with Crippen LogP contribution in [0, 0.1) is 10.1 Å². The molecule has 0 aliphatic heterocycles. The monoisotopic (exact) mass is 359 g/mol. The summed E-state index contributed by atoms with van der Waals surface area (Å²) in [6, 6.07) is 10.8. The number of hydrogen-bond acceptors (Lipinski definition) is 7. The summed E-state index contributed by atoms with van der Waals surface area (Å²) >= 11 is 0. The Bertz CT molecular complexity index is 820. The number of nitrogens with one attached hydrogen (secondary N) is 1. The number of carboxylic acids is 1. The first-order valence-electron chi connectivity index (χ1n) is 7.52. The lowest BCUT2D eigenvalue weighted by Gasteiger charge is -2.15. The highest BCUT2D eigenvalue weighted by Gasteiger charge is 2.17. The number of nitro benzene ring substituents is 1. The molecule has 0 unspecified atom stereocenters. The third-order valence-corrected chi connectivity index (χ3v) is 3.35. The van der Waals surface area contributed by atoms with Crippen molar-refractivity contribution >= 4 is 23.6 Å². The first-order valence-corrected chi connectivity index (χ1v) is 7.52. The quantitative estimate of drug-likeness (QED) is 0.422. The second-order valence-electron chi connectivity index (χ2n) is 5.15. The van der Waals surface area contributed by atoms with Crippen molar-refractivity contribution in [3.63, 3.8) is 0 Å². The van der Waals surface area contributed by atoms with Gasteiger partial charge < -0.3 is 14.6 Å². The summed E-state index contributed by atoms with van der Waals surface area (Å²) in [6.45, 7) is 1.41. The number of ether oxygens (including phenoxy) is 2. The number of para-hydroxylation sites is 1. The van der Waals surface area contributed by atoms with E-state index in [4.69, 9.17) is 14.6 Å². The van der Waals surface area contributed by atoms with E-state index in [1.165, 1.54) is 44.5 Å². The van der Waals surface area contributed by atoms with Crippen molar-refractivity contribution in [1.82, 2.24) is 0 Å². The van der Waals surface area contributed by atoms with Crippen LogP contribution in [0.5, 0.6) is 11.5 Å². The summed E-state index contributed by atoms with van der Waals surface area (Å²) in [5, 5.41) is 23.7. The summed E-state index contributed by atoms with van der Waals surface area (Å²) in [6.07, 6.45) is 0.370. The Morgan fingerprint density at radius 1 is 1.31 bits per heavy atom. The van der Waals surface area contributed by atoms with Crippen LogP contribution in [-0.4, -0.2) is 35.4 Å². The zero-order valence-electron chi connectivity index (χ0n) is 14.1. The highest BCUT2D eigenvalue weighted by Crippen LogP contribution is 2.31. The molecule has 2 rings (SSSR count). The number of nitrogens with zero attached hydrogens (tertiary/aromatic N) is 2. The lowest BCUT2D eigenvalue weighted by atomic mass is 10.2. The maximum absolute atomic E-state index is 11.0. The fraction of sp³-hybridized carbons (Fsp3) is 0.176. The van der Waals surface area contributed by atoms with Crippen LogP contribution in [0.25, 0.3) is 0 Å². The molecule has 0 aromatic heterocycles. The van der Waals surface area contributed by atoms with Crippen LogP contribution in [0.4, 0.5) is 11.4 Å². The first-order chi connectivity index (χ1) is 12.4. The minimum Gasteiger partial charge on any atom is -0.493 e. The van der Waals surface area contributed by atoms with Crippen molar-refractivity contribution in [2.24, 2.45) is 5.10 Å². The lowest BCUT2D eigenvalue weighted by Crippen LogP contribution is -2.23. The normalized spacial score (nSPS) is 11.8. The second kappa shape index (κ2) is 8.47. The number of benzene rings is 2. The fourth-order valence-corrected chi connectivity index (χ4v) is 1.98. The van der Waals surface area contributed by atoms with E-state index < -0.39 is 17.0 Å². The maximum Gasteiger partial charge on any atom is 0.344 e. The predicted octanol–water partition coefficient (Wildman–Crippen LogP) is 2.90. The highest BCUT2D eigenvalue weighted by molar-refractivity contribution is 5.86. The topological polar surface area (TPSA) is 123 Å². The molecule has 0 saturated carbocycles. The van der Waals surface area contributed by atoms with E-state index in [9.17, 15) is 14.9 Å². The number of hydrazone groups is 1. The number of carboxylic acid groups (broad SMARTS) is 1. The number of carbonyl (C=O) groups is 1.